The van der Waals surface area contributed by atoms with Crippen molar-refractivity contribution in [2.45, 2.75) is 52.6 Å². The van der Waals surface area contributed by atoms with Crippen LogP contribution in [0.4, 0.5) is 0 Å². The minimum Gasteiger partial charge on any atom is -0.349 e. The van der Waals surface area contributed by atoms with E-state index in [-0.39, 0.29) is 17.9 Å². The van der Waals surface area contributed by atoms with Crippen LogP contribution in [-0.4, -0.2) is 23.9 Å². The molecular weight excluding hydrogens is 332 g/mol. The van der Waals surface area contributed by atoms with Crippen LogP contribution in [0.5, 0.6) is 0 Å². The summed E-state index contributed by atoms with van der Waals surface area (Å²) >= 11 is 0. The number of nitrogens with zero attached hydrogens (tertiary/aromatic N) is 1. The van der Waals surface area contributed by atoms with Crippen LogP contribution in [0.25, 0.3) is 0 Å². The molecule has 1 amide bonds. The molecule has 1 saturated heterocycles. The zero-order chi connectivity index (χ0) is 19.2. The molecule has 2 aromatic carbocycles. The van der Waals surface area contributed by atoms with Crippen LogP contribution in [0.2, 0.25) is 0 Å². The third-order valence-corrected chi connectivity index (χ3v) is 5.73. The minimum atomic E-state index is 0.0639. The second-order valence-electron chi connectivity index (χ2n) is 7.86. The van der Waals surface area contributed by atoms with E-state index in [0.717, 1.165) is 38.9 Å². The number of aryl methyl sites for hydroxylation is 2. The molecule has 1 fully saturated rings. The van der Waals surface area contributed by atoms with Gasteiger partial charge >= 0.3 is 0 Å². The van der Waals surface area contributed by atoms with Crippen molar-refractivity contribution in [3.63, 3.8) is 0 Å². The molecule has 1 aliphatic rings. The van der Waals surface area contributed by atoms with Crippen LogP contribution < -0.4 is 5.32 Å². The molecule has 3 heteroatoms. The summed E-state index contributed by atoms with van der Waals surface area (Å²) in [7, 11) is 0. The van der Waals surface area contributed by atoms with E-state index >= 15 is 0 Å². The van der Waals surface area contributed by atoms with Gasteiger partial charge < -0.3 is 5.32 Å². The molecule has 1 aliphatic heterocycles. The van der Waals surface area contributed by atoms with Gasteiger partial charge in [0.05, 0.1) is 6.04 Å². The van der Waals surface area contributed by atoms with Gasteiger partial charge in [-0.2, -0.15) is 0 Å². The topological polar surface area (TPSA) is 32.3 Å². The molecule has 144 valence electrons. The molecule has 0 saturated carbocycles. The number of rotatable bonds is 6. The highest BCUT2D eigenvalue weighted by atomic mass is 16.1. The number of hydrogen-bond donors (Lipinski definition) is 1. The Bertz CT molecular complexity index is 728. The molecule has 2 aromatic rings. The fraction of sp³-hybridized carbons (Fsp3) is 0.458. The lowest BCUT2D eigenvalue weighted by molar-refractivity contribution is -0.127. The molecule has 0 unspecified atom stereocenters. The summed E-state index contributed by atoms with van der Waals surface area (Å²) in [6.45, 7) is 9.32. The molecule has 1 heterocycles. The number of amides is 1. The van der Waals surface area contributed by atoms with E-state index in [0.29, 0.717) is 0 Å². The van der Waals surface area contributed by atoms with Gasteiger partial charge in [0.2, 0.25) is 5.91 Å². The first-order chi connectivity index (χ1) is 13.0. The highest BCUT2D eigenvalue weighted by Crippen LogP contribution is 2.21. The van der Waals surface area contributed by atoms with Crippen molar-refractivity contribution < 1.29 is 4.79 Å². The largest absolute Gasteiger partial charge is 0.349 e. The number of carbonyl (C=O) groups excluding carboxylic acids is 1. The van der Waals surface area contributed by atoms with Gasteiger partial charge in [0.15, 0.2) is 0 Å². The Morgan fingerprint density at radius 1 is 1.04 bits per heavy atom. The van der Waals surface area contributed by atoms with E-state index in [1.54, 1.807) is 0 Å². The van der Waals surface area contributed by atoms with Crippen LogP contribution in [0, 0.1) is 12.8 Å². The summed E-state index contributed by atoms with van der Waals surface area (Å²) in [5.74, 6) is 0.341. The molecule has 1 atom stereocenters. The Kier molecular flexibility index (Phi) is 6.68. The zero-order valence-corrected chi connectivity index (χ0v) is 16.9. The Labute approximate surface area is 163 Å². The van der Waals surface area contributed by atoms with Crippen molar-refractivity contribution in [1.29, 1.82) is 0 Å². The third kappa shape index (κ3) is 5.43. The maximum absolute atomic E-state index is 12.7. The van der Waals surface area contributed by atoms with Crippen molar-refractivity contribution >= 4 is 5.91 Å². The number of benzene rings is 2. The van der Waals surface area contributed by atoms with Crippen molar-refractivity contribution in [3.05, 3.63) is 70.8 Å². The van der Waals surface area contributed by atoms with E-state index in [1.165, 1.54) is 22.3 Å². The quantitative estimate of drug-likeness (QED) is 0.809. The first kappa shape index (κ1) is 19.6. The van der Waals surface area contributed by atoms with Gasteiger partial charge in [-0.1, -0.05) is 61.0 Å². The molecule has 0 aromatic heterocycles. The molecule has 27 heavy (non-hydrogen) atoms. The van der Waals surface area contributed by atoms with E-state index in [9.17, 15) is 4.79 Å². The van der Waals surface area contributed by atoms with Crippen LogP contribution in [0.15, 0.2) is 48.5 Å². The Hall–Kier alpha value is -2.13. The molecule has 0 aliphatic carbocycles. The van der Waals surface area contributed by atoms with Gasteiger partial charge in [-0.15, -0.1) is 0 Å². The SMILES string of the molecule is CCc1ccc([C@@H](C)NC(=O)C2CCN(Cc3ccc(C)cc3)CC2)cc1. The predicted molar refractivity (Wildman–Crippen MR) is 112 cm³/mol. The van der Waals surface area contributed by atoms with E-state index in [4.69, 9.17) is 0 Å². The molecule has 1 N–H and O–H groups in total. The molecule has 3 rings (SSSR count). The minimum absolute atomic E-state index is 0.0639. The summed E-state index contributed by atoms with van der Waals surface area (Å²) in [6, 6.07) is 17.4. The number of piperidine rings is 1. The van der Waals surface area contributed by atoms with Gasteiger partial charge in [-0.25, -0.2) is 0 Å². The smallest absolute Gasteiger partial charge is 0.223 e. The monoisotopic (exact) mass is 364 g/mol. The maximum atomic E-state index is 12.7. The predicted octanol–water partition coefficient (Wildman–Crippen LogP) is 4.65. The number of carbonyl (C=O) groups is 1. The van der Waals surface area contributed by atoms with Gasteiger partial charge in [0.25, 0.3) is 0 Å². The lowest BCUT2D eigenvalue weighted by Crippen LogP contribution is -2.40. The van der Waals surface area contributed by atoms with Crippen LogP contribution in [-0.2, 0) is 17.8 Å². The van der Waals surface area contributed by atoms with Crippen molar-refractivity contribution in [1.82, 2.24) is 10.2 Å². The van der Waals surface area contributed by atoms with Gasteiger partial charge in [-0.05, 0) is 62.9 Å². The maximum Gasteiger partial charge on any atom is 0.223 e. The van der Waals surface area contributed by atoms with Gasteiger partial charge in [0, 0.05) is 12.5 Å². The Balaban J connectivity index is 1.46. The highest BCUT2D eigenvalue weighted by Gasteiger charge is 2.26. The second-order valence-corrected chi connectivity index (χ2v) is 7.86. The first-order valence-electron chi connectivity index (χ1n) is 10.2. The van der Waals surface area contributed by atoms with Crippen LogP contribution in [0.3, 0.4) is 0 Å². The van der Waals surface area contributed by atoms with Gasteiger partial charge in [0.1, 0.15) is 0 Å². The number of likely N-dealkylation sites (tertiary alicyclic amines) is 1. The van der Waals surface area contributed by atoms with E-state index in [2.05, 4.69) is 79.5 Å². The fourth-order valence-electron chi connectivity index (χ4n) is 3.76. The molecular formula is C24H32N2O. The van der Waals surface area contributed by atoms with Crippen molar-refractivity contribution in [3.8, 4) is 0 Å². The lowest BCUT2D eigenvalue weighted by atomic mass is 9.94. The standard InChI is InChI=1S/C24H32N2O/c1-4-20-9-11-22(12-10-20)19(3)25-24(27)23-13-15-26(16-14-23)17-21-7-5-18(2)6-8-21/h5-12,19,23H,4,13-17H2,1-3H3,(H,25,27)/t19-/m1/s1. The number of hydrogen-bond acceptors (Lipinski definition) is 2. The molecule has 0 radical (unpaired) electrons. The lowest BCUT2D eigenvalue weighted by Gasteiger charge is -2.32. The van der Waals surface area contributed by atoms with Crippen molar-refractivity contribution in [2.75, 3.05) is 13.1 Å². The van der Waals surface area contributed by atoms with Crippen LogP contribution >= 0.6 is 0 Å². The molecule has 3 nitrogen and oxygen atoms in total. The Morgan fingerprint density at radius 2 is 1.63 bits per heavy atom. The normalized spacial score (nSPS) is 16.9. The second kappa shape index (κ2) is 9.18. The van der Waals surface area contributed by atoms with Crippen LogP contribution in [0.1, 0.15) is 55.0 Å². The summed E-state index contributed by atoms with van der Waals surface area (Å²) in [6.07, 6.45) is 2.93. The van der Waals surface area contributed by atoms with Gasteiger partial charge in [-0.3, -0.25) is 9.69 Å². The highest BCUT2D eigenvalue weighted by molar-refractivity contribution is 5.79. The summed E-state index contributed by atoms with van der Waals surface area (Å²) in [5, 5.41) is 3.22. The van der Waals surface area contributed by atoms with E-state index in [1.807, 2.05) is 0 Å². The van der Waals surface area contributed by atoms with E-state index < -0.39 is 0 Å². The molecule has 0 spiro atoms. The first-order valence-corrected chi connectivity index (χ1v) is 10.2. The third-order valence-electron chi connectivity index (χ3n) is 5.73. The summed E-state index contributed by atoms with van der Waals surface area (Å²) < 4.78 is 0. The summed E-state index contributed by atoms with van der Waals surface area (Å²) in [5.41, 5.74) is 5.16. The zero-order valence-electron chi connectivity index (χ0n) is 16.9. The molecule has 0 bridgehead atoms. The average molecular weight is 365 g/mol. The summed E-state index contributed by atoms with van der Waals surface area (Å²) in [4.78, 5) is 15.1. The number of nitrogens with one attached hydrogen (secondary N) is 1. The van der Waals surface area contributed by atoms with Crippen molar-refractivity contribution in [2.24, 2.45) is 5.92 Å². The average Bonchev–Trinajstić information content (AvgIpc) is 2.70. The fourth-order valence-corrected chi connectivity index (χ4v) is 3.76. The Morgan fingerprint density at radius 3 is 2.22 bits per heavy atom.